The lowest BCUT2D eigenvalue weighted by molar-refractivity contribution is 1.12. The van der Waals surface area contributed by atoms with Crippen LogP contribution in [0.3, 0.4) is 0 Å². The zero-order valence-corrected chi connectivity index (χ0v) is 16.3. The number of fused-ring (bicyclic) bond motifs is 1. The number of hydrogen-bond acceptors (Lipinski definition) is 5. The number of hydrogen-bond donors (Lipinski definition) is 2. The Morgan fingerprint density at radius 3 is 2.92 bits per heavy atom. The number of thiophene rings is 1. The van der Waals surface area contributed by atoms with Gasteiger partial charge in [-0.25, -0.2) is 9.97 Å². The average Bonchev–Trinajstić information content (AvgIpc) is 3.25. The molecule has 4 nitrogen and oxygen atoms in total. The van der Waals surface area contributed by atoms with Crippen molar-refractivity contribution in [3.63, 3.8) is 0 Å². The van der Waals surface area contributed by atoms with Gasteiger partial charge in [0.2, 0.25) is 0 Å². The van der Waals surface area contributed by atoms with Gasteiger partial charge in [0, 0.05) is 40.5 Å². The molecule has 4 aromatic rings. The number of anilines is 1. The molecule has 4 heterocycles. The molecule has 0 amide bonds. The van der Waals surface area contributed by atoms with Gasteiger partial charge in [-0.05, 0) is 43.2 Å². The van der Waals surface area contributed by atoms with Crippen LogP contribution in [0.25, 0.3) is 11.0 Å². The monoisotopic (exact) mass is 388 g/mol. The lowest BCUT2D eigenvalue weighted by Gasteiger charge is -2.01. The van der Waals surface area contributed by atoms with E-state index in [-0.39, 0.29) is 0 Å². The minimum atomic E-state index is 0.573. The van der Waals surface area contributed by atoms with E-state index in [2.05, 4.69) is 46.2 Å². The van der Waals surface area contributed by atoms with Gasteiger partial charge in [0.25, 0.3) is 0 Å². The van der Waals surface area contributed by atoms with E-state index in [0.29, 0.717) is 5.15 Å². The summed E-state index contributed by atoms with van der Waals surface area (Å²) in [5.74, 6) is 0. The molecule has 4 aromatic heterocycles. The molecule has 0 unspecified atom stereocenters. The first-order chi connectivity index (χ1) is 12.1. The Morgan fingerprint density at radius 1 is 1.24 bits per heavy atom. The van der Waals surface area contributed by atoms with Gasteiger partial charge in [0.1, 0.15) is 10.8 Å². The summed E-state index contributed by atoms with van der Waals surface area (Å²) >= 11 is 9.80. The second-order valence-electron chi connectivity index (χ2n) is 5.92. The molecular formula is C18H17ClN4S2. The summed E-state index contributed by atoms with van der Waals surface area (Å²) in [4.78, 5) is 15.8. The molecule has 0 spiro atoms. The van der Waals surface area contributed by atoms with Crippen molar-refractivity contribution < 1.29 is 0 Å². The summed E-state index contributed by atoms with van der Waals surface area (Å²) in [6.07, 6.45) is 4.54. The lowest BCUT2D eigenvalue weighted by atomic mass is 10.1. The summed E-state index contributed by atoms with van der Waals surface area (Å²) < 4.78 is 0. The average molecular weight is 389 g/mol. The number of aromatic nitrogens is 3. The van der Waals surface area contributed by atoms with Crippen molar-refractivity contribution in [1.29, 1.82) is 0 Å². The van der Waals surface area contributed by atoms with Crippen molar-refractivity contribution in [2.45, 2.75) is 26.8 Å². The largest absolute Gasteiger partial charge is 0.357 e. The minimum absolute atomic E-state index is 0.573. The highest BCUT2D eigenvalue weighted by molar-refractivity contribution is 7.16. The summed E-state index contributed by atoms with van der Waals surface area (Å²) in [6, 6.07) is 6.25. The molecule has 0 saturated carbocycles. The fraction of sp³-hybridized carbons (Fsp3) is 0.222. The van der Waals surface area contributed by atoms with Gasteiger partial charge >= 0.3 is 0 Å². The summed E-state index contributed by atoms with van der Waals surface area (Å²) in [7, 11) is 0. The molecule has 0 radical (unpaired) electrons. The van der Waals surface area contributed by atoms with E-state index in [1.807, 2.05) is 23.6 Å². The molecular weight excluding hydrogens is 372 g/mol. The van der Waals surface area contributed by atoms with Crippen molar-refractivity contribution in [3.8, 4) is 0 Å². The zero-order chi connectivity index (χ0) is 17.4. The zero-order valence-electron chi connectivity index (χ0n) is 13.9. The highest BCUT2D eigenvalue weighted by Crippen LogP contribution is 2.31. The Balaban J connectivity index is 1.51. The summed E-state index contributed by atoms with van der Waals surface area (Å²) in [5, 5.41) is 5.97. The first kappa shape index (κ1) is 16.6. The highest BCUT2D eigenvalue weighted by Gasteiger charge is 2.13. The maximum absolute atomic E-state index is 6.37. The van der Waals surface area contributed by atoms with Crippen molar-refractivity contribution in [3.05, 3.63) is 61.5 Å². The molecule has 0 fully saturated rings. The minimum Gasteiger partial charge on any atom is -0.357 e. The van der Waals surface area contributed by atoms with Gasteiger partial charge in [-0.1, -0.05) is 11.6 Å². The molecule has 4 rings (SSSR count). The third-order valence-corrected chi connectivity index (χ3v) is 6.56. The number of thiazole rings is 1. The Kier molecular flexibility index (Phi) is 4.50. The predicted octanol–water partition coefficient (Wildman–Crippen LogP) is 5.55. The third kappa shape index (κ3) is 3.42. The first-order valence-corrected chi connectivity index (χ1v) is 9.97. The molecule has 25 heavy (non-hydrogen) atoms. The molecule has 0 saturated heterocycles. The smallest absolute Gasteiger partial charge is 0.184 e. The molecule has 0 aliphatic heterocycles. The number of pyridine rings is 1. The molecule has 2 N–H and O–H groups in total. The van der Waals surface area contributed by atoms with E-state index < -0.39 is 0 Å². The topological polar surface area (TPSA) is 53.6 Å². The number of H-pyrrole nitrogens is 1. The van der Waals surface area contributed by atoms with Gasteiger partial charge in [-0.2, -0.15) is 0 Å². The molecule has 7 heteroatoms. The predicted molar refractivity (Wildman–Crippen MR) is 107 cm³/mol. The van der Waals surface area contributed by atoms with E-state index in [9.17, 15) is 0 Å². The first-order valence-electron chi connectivity index (χ1n) is 7.96. The van der Waals surface area contributed by atoms with Crippen molar-refractivity contribution in [2.75, 3.05) is 5.32 Å². The molecule has 128 valence electrons. The van der Waals surface area contributed by atoms with E-state index in [1.165, 1.54) is 20.9 Å². The van der Waals surface area contributed by atoms with E-state index in [1.54, 1.807) is 17.5 Å². The van der Waals surface area contributed by atoms with Gasteiger partial charge in [0.05, 0.1) is 4.88 Å². The number of aryl methyl sites for hydroxylation is 2. The highest BCUT2D eigenvalue weighted by atomic mass is 35.5. The van der Waals surface area contributed by atoms with Crippen LogP contribution in [-0.4, -0.2) is 15.0 Å². The number of aromatic amines is 1. The molecule has 0 aliphatic carbocycles. The number of rotatable bonds is 5. The molecule has 0 aliphatic rings. The van der Waals surface area contributed by atoms with Crippen molar-refractivity contribution in [1.82, 2.24) is 15.0 Å². The van der Waals surface area contributed by atoms with Crippen LogP contribution in [0, 0.1) is 13.8 Å². The molecule has 0 atom stereocenters. The van der Waals surface area contributed by atoms with Crippen LogP contribution >= 0.6 is 34.3 Å². The molecule has 0 aromatic carbocycles. The Hall–Kier alpha value is -1.89. The third-order valence-electron chi connectivity index (χ3n) is 4.11. The van der Waals surface area contributed by atoms with Crippen LogP contribution < -0.4 is 5.32 Å². The van der Waals surface area contributed by atoms with Gasteiger partial charge in [0.15, 0.2) is 5.13 Å². The normalized spacial score (nSPS) is 11.3. The maximum atomic E-state index is 6.37. The van der Waals surface area contributed by atoms with Crippen molar-refractivity contribution in [2.24, 2.45) is 0 Å². The second kappa shape index (κ2) is 6.78. The number of halogens is 1. The van der Waals surface area contributed by atoms with Crippen LogP contribution in [0.2, 0.25) is 5.15 Å². The van der Waals surface area contributed by atoms with Gasteiger partial charge in [-0.3, -0.25) is 0 Å². The maximum Gasteiger partial charge on any atom is 0.184 e. The summed E-state index contributed by atoms with van der Waals surface area (Å²) in [5.41, 5.74) is 3.40. The fourth-order valence-corrected chi connectivity index (χ4v) is 5.02. The number of nitrogens with one attached hydrogen (secondary N) is 2. The lowest BCUT2D eigenvalue weighted by Crippen LogP contribution is -1.98. The quantitative estimate of drug-likeness (QED) is 0.471. The van der Waals surface area contributed by atoms with Crippen LogP contribution in [0.4, 0.5) is 5.13 Å². The van der Waals surface area contributed by atoms with E-state index in [0.717, 1.165) is 34.0 Å². The van der Waals surface area contributed by atoms with Crippen LogP contribution in [0.1, 0.15) is 25.8 Å². The van der Waals surface area contributed by atoms with E-state index >= 15 is 0 Å². The van der Waals surface area contributed by atoms with Gasteiger partial charge < -0.3 is 10.3 Å². The fourth-order valence-electron chi connectivity index (χ4n) is 2.88. The Bertz CT molecular complexity index is 1030. The standard InChI is InChI=1S/C18H17ClN4S2/c1-10-6-12(11(2)24-10)8-22-18-23-16(19)15(25-18)7-13-9-21-17-14(13)4-3-5-20-17/h3-6,9H,7-8H2,1-2H3,(H,20,21)(H,22,23). The van der Waals surface area contributed by atoms with Crippen LogP contribution in [-0.2, 0) is 13.0 Å². The van der Waals surface area contributed by atoms with Crippen molar-refractivity contribution >= 4 is 50.4 Å². The van der Waals surface area contributed by atoms with Crippen LogP contribution in [0.15, 0.2) is 30.6 Å². The molecule has 0 bridgehead atoms. The SMILES string of the molecule is Cc1cc(CNc2nc(Cl)c(Cc3c[nH]c4ncccc34)s2)c(C)s1. The Labute approximate surface area is 158 Å². The Morgan fingerprint density at radius 2 is 2.12 bits per heavy atom. The second-order valence-corrected chi connectivity index (χ2v) is 8.82. The summed E-state index contributed by atoms with van der Waals surface area (Å²) in [6.45, 7) is 5.06. The van der Waals surface area contributed by atoms with E-state index in [4.69, 9.17) is 11.6 Å². The van der Waals surface area contributed by atoms with Crippen LogP contribution in [0.5, 0.6) is 0 Å². The number of nitrogens with zero attached hydrogens (tertiary/aromatic N) is 2. The van der Waals surface area contributed by atoms with Gasteiger partial charge in [-0.15, -0.1) is 22.7 Å².